The molecule has 0 atom stereocenters. The standard InChI is InChI=1S/C9H12N4O/c14-12-8-3-6-13(7-4-8)9-2-1-5-10-11-9/h1-2,5,14H,3-4,6-7H2. The number of oxime groups is 1. The molecule has 5 heteroatoms. The average molecular weight is 192 g/mol. The Kier molecular flexibility index (Phi) is 2.58. The van der Waals surface area contributed by atoms with Gasteiger partial charge in [-0.05, 0) is 12.1 Å². The molecule has 1 saturated heterocycles. The summed E-state index contributed by atoms with van der Waals surface area (Å²) < 4.78 is 0. The van der Waals surface area contributed by atoms with Gasteiger partial charge in [0.1, 0.15) is 0 Å². The van der Waals surface area contributed by atoms with Gasteiger partial charge >= 0.3 is 0 Å². The molecule has 0 amide bonds. The van der Waals surface area contributed by atoms with Crippen LogP contribution in [0.25, 0.3) is 0 Å². The first-order chi connectivity index (χ1) is 6.90. The van der Waals surface area contributed by atoms with E-state index in [0.717, 1.165) is 37.5 Å². The van der Waals surface area contributed by atoms with E-state index in [9.17, 15) is 0 Å². The molecule has 1 aromatic rings. The van der Waals surface area contributed by atoms with E-state index in [0.29, 0.717) is 0 Å². The molecule has 1 fully saturated rings. The molecular formula is C9H12N4O. The topological polar surface area (TPSA) is 61.6 Å². The molecule has 1 aromatic heterocycles. The minimum absolute atomic E-state index is 0.799. The zero-order chi connectivity index (χ0) is 9.80. The minimum Gasteiger partial charge on any atom is -0.411 e. The van der Waals surface area contributed by atoms with Gasteiger partial charge in [0, 0.05) is 32.1 Å². The SMILES string of the molecule is ON=C1CCN(c2cccnn2)CC1. The number of rotatable bonds is 1. The fraction of sp³-hybridized carbons (Fsp3) is 0.444. The van der Waals surface area contributed by atoms with Crippen LogP contribution in [0, 0.1) is 0 Å². The highest BCUT2D eigenvalue weighted by Gasteiger charge is 2.16. The second-order valence-electron chi connectivity index (χ2n) is 3.24. The summed E-state index contributed by atoms with van der Waals surface area (Å²) in [7, 11) is 0. The highest BCUT2D eigenvalue weighted by Crippen LogP contribution is 2.14. The molecule has 0 aromatic carbocycles. The van der Waals surface area contributed by atoms with E-state index in [-0.39, 0.29) is 0 Å². The summed E-state index contributed by atoms with van der Waals surface area (Å²) in [6.45, 7) is 1.69. The lowest BCUT2D eigenvalue weighted by Gasteiger charge is -2.27. The van der Waals surface area contributed by atoms with Crippen molar-refractivity contribution in [2.75, 3.05) is 18.0 Å². The summed E-state index contributed by atoms with van der Waals surface area (Å²) in [5.41, 5.74) is 0.866. The molecule has 14 heavy (non-hydrogen) atoms. The zero-order valence-corrected chi connectivity index (χ0v) is 7.80. The second-order valence-corrected chi connectivity index (χ2v) is 3.24. The number of aromatic nitrogens is 2. The molecule has 1 aliphatic heterocycles. The summed E-state index contributed by atoms with van der Waals surface area (Å²) in [5, 5.41) is 19.7. The number of hydrogen-bond acceptors (Lipinski definition) is 5. The second kappa shape index (κ2) is 4.04. The maximum atomic E-state index is 8.59. The largest absolute Gasteiger partial charge is 0.411 e. The van der Waals surface area contributed by atoms with Crippen molar-refractivity contribution in [3.63, 3.8) is 0 Å². The lowest BCUT2D eigenvalue weighted by Crippen LogP contribution is -2.34. The van der Waals surface area contributed by atoms with Crippen LogP contribution in [-0.2, 0) is 0 Å². The van der Waals surface area contributed by atoms with Crippen molar-refractivity contribution >= 4 is 11.5 Å². The number of hydrogen-bond donors (Lipinski definition) is 1. The lowest BCUT2D eigenvalue weighted by molar-refractivity contribution is 0.315. The third-order valence-corrected chi connectivity index (χ3v) is 2.36. The Hall–Kier alpha value is -1.65. The molecule has 0 saturated carbocycles. The minimum atomic E-state index is 0.799. The third kappa shape index (κ3) is 1.81. The van der Waals surface area contributed by atoms with Gasteiger partial charge in [-0.15, -0.1) is 5.10 Å². The quantitative estimate of drug-likeness (QED) is 0.530. The van der Waals surface area contributed by atoms with Crippen molar-refractivity contribution in [2.45, 2.75) is 12.8 Å². The van der Waals surface area contributed by atoms with Gasteiger partial charge in [-0.3, -0.25) is 0 Å². The van der Waals surface area contributed by atoms with E-state index >= 15 is 0 Å². The molecule has 74 valence electrons. The van der Waals surface area contributed by atoms with Crippen LogP contribution in [0.1, 0.15) is 12.8 Å². The van der Waals surface area contributed by atoms with Gasteiger partial charge in [-0.1, -0.05) is 5.16 Å². The normalized spacial score (nSPS) is 16.9. The van der Waals surface area contributed by atoms with Crippen LogP contribution in [0.2, 0.25) is 0 Å². The highest BCUT2D eigenvalue weighted by molar-refractivity contribution is 5.85. The van der Waals surface area contributed by atoms with Crippen LogP contribution >= 0.6 is 0 Å². The van der Waals surface area contributed by atoms with E-state index in [4.69, 9.17) is 5.21 Å². The van der Waals surface area contributed by atoms with Crippen LogP contribution in [0.4, 0.5) is 5.82 Å². The number of anilines is 1. The van der Waals surface area contributed by atoms with Crippen molar-refractivity contribution in [1.29, 1.82) is 0 Å². The number of nitrogens with zero attached hydrogens (tertiary/aromatic N) is 4. The van der Waals surface area contributed by atoms with Crippen molar-refractivity contribution in [1.82, 2.24) is 10.2 Å². The smallest absolute Gasteiger partial charge is 0.151 e. The van der Waals surface area contributed by atoms with Crippen molar-refractivity contribution < 1.29 is 5.21 Å². The Balaban J connectivity index is 2.03. The Morgan fingerprint density at radius 2 is 2.14 bits per heavy atom. The summed E-state index contributed by atoms with van der Waals surface area (Å²) in [5.74, 6) is 0.893. The Labute approximate surface area is 82.1 Å². The molecular weight excluding hydrogens is 180 g/mol. The summed E-state index contributed by atoms with van der Waals surface area (Å²) in [6.07, 6.45) is 3.26. The highest BCUT2D eigenvalue weighted by atomic mass is 16.4. The van der Waals surface area contributed by atoms with Gasteiger partial charge in [-0.2, -0.15) is 5.10 Å². The molecule has 1 N–H and O–H groups in total. The van der Waals surface area contributed by atoms with Crippen LogP contribution in [0.15, 0.2) is 23.5 Å². The van der Waals surface area contributed by atoms with E-state index in [1.54, 1.807) is 6.20 Å². The van der Waals surface area contributed by atoms with Crippen LogP contribution in [-0.4, -0.2) is 34.2 Å². The molecule has 0 aliphatic carbocycles. The van der Waals surface area contributed by atoms with Gasteiger partial charge in [0.2, 0.25) is 0 Å². The average Bonchev–Trinajstić information content (AvgIpc) is 2.30. The maximum absolute atomic E-state index is 8.59. The molecule has 0 bridgehead atoms. The summed E-state index contributed by atoms with van der Waals surface area (Å²) >= 11 is 0. The first-order valence-electron chi connectivity index (χ1n) is 4.62. The molecule has 2 rings (SSSR count). The fourth-order valence-corrected chi connectivity index (χ4v) is 1.56. The van der Waals surface area contributed by atoms with E-state index < -0.39 is 0 Å². The zero-order valence-electron chi connectivity index (χ0n) is 7.80. The Morgan fingerprint density at radius 1 is 1.36 bits per heavy atom. The molecule has 0 unspecified atom stereocenters. The van der Waals surface area contributed by atoms with Gasteiger partial charge in [0.25, 0.3) is 0 Å². The molecule has 0 spiro atoms. The van der Waals surface area contributed by atoms with Gasteiger partial charge in [-0.25, -0.2) is 0 Å². The third-order valence-electron chi connectivity index (χ3n) is 2.36. The maximum Gasteiger partial charge on any atom is 0.151 e. The monoisotopic (exact) mass is 192 g/mol. The van der Waals surface area contributed by atoms with Gasteiger partial charge in [0.15, 0.2) is 5.82 Å². The Bertz CT molecular complexity index is 315. The van der Waals surface area contributed by atoms with Crippen LogP contribution in [0.5, 0.6) is 0 Å². The number of piperidine rings is 1. The molecule has 2 heterocycles. The molecule has 5 nitrogen and oxygen atoms in total. The molecule has 0 radical (unpaired) electrons. The molecule has 1 aliphatic rings. The van der Waals surface area contributed by atoms with Crippen LogP contribution < -0.4 is 4.90 Å². The van der Waals surface area contributed by atoms with E-state index in [1.807, 2.05) is 12.1 Å². The van der Waals surface area contributed by atoms with Crippen molar-refractivity contribution in [3.05, 3.63) is 18.3 Å². The van der Waals surface area contributed by atoms with E-state index in [2.05, 4.69) is 20.3 Å². The van der Waals surface area contributed by atoms with Crippen LogP contribution in [0.3, 0.4) is 0 Å². The van der Waals surface area contributed by atoms with Gasteiger partial charge < -0.3 is 10.1 Å². The van der Waals surface area contributed by atoms with E-state index in [1.165, 1.54) is 0 Å². The lowest BCUT2D eigenvalue weighted by atomic mass is 10.1. The first-order valence-corrected chi connectivity index (χ1v) is 4.62. The van der Waals surface area contributed by atoms with Gasteiger partial charge in [0.05, 0.1) is 5.71 Å². The Morgan fingerprint density at radius 3 is 2.71 bits per heavy atom. The summed E-state index contributed by atoms with van der Waals surface area (Å²) in [4.78, 5) is 2.14. The predicted octanol–water partition coefficient (Wildman–Crippen LogP) is 0.907. The predicted molar refractivity (Wildman–Crippen MR) is 52.7 cm³/mol. The fourth-order valence-electron chi connectivity index (χ4n) is 1.56. The van der Waals surface area contributed by atoms with Crippen molar-refractivity contribution in [3.8, 4) is 0 Å². The van der Waals surface area contributed by atoms with Crippen molar-refractivity contribution in [2.24, 2.45) is 5.16 Å². The summed E-state index contributed by atoms with van der Waals surface area (Å²) in [6, 6.07) is 3.81. The first kappa shape index (κ1) is 8.93.